The van der Waals surface area contributed by atoms with Crippen LogP contribution in [0.1, 0.15) is 0 Å². The summed E-state index contributed by atoms with van der Waals surface area (Å²) in [5.74, 6) is 0. The van der Waals surface area contributed by atoms with Crippen LogP contribution in [0.2, 0.25) is 13.4 Å². The number of hydrogen-bond acceptors (Lipinski definition) is 0. The van der Waals surface area contributed by atoms with Crippen molar-refractivity contribution >= 4 is 24.3 Å². The Morgan fingerprint density at radius 1 is 0.900 bits per heavy atom. The fourth-order valence-electron chi connectivity index (χ4n) is 0.938. The molecule has 0 aliphatic heterocycles. The Kier molecular flexibility index (Phi) is 2.50. The van der Waals surface area contributed by atoms with E-state index < -0.39 is 21.2 Å². The Balaban J connectivity index is 2.97. The quantitative estimate of drug-likeness (QED) is 0.693. The number of benzene rings is 1. The van der Waals surface area contributed by atoms with Crippen molar-refractivity contribution in [3.8, 4) is 0 Å². The fraction of sp³-hybridized carbons (Fsp3) is 0.333. The molecule has 0 fully saturated rings. The van der Waals surface area contributed by atoms with Gasteiger partial charge >= 0.3 is 68.1 Å². The van der Waals surface area contributed by atoms with Crippen molar-refractivity contribution in [2.24, 2.45) is 0 Å². The van der Waals surface area contributed by atoms with Gasteiger partial charge in [-0.25, -0.2) is 0 Å². The Hall–Kier alpha value is 0.142. The van der Waals surface area contributed by atoms with E-state index in [0.717, 1.165) is 0 Å². The standard InChI is InChI=1S/C6H5.3CH3.Pb/c1-2-4-6-5-3-1;;;;/h1-5H;3*1H3;. The first-order chi connectivity index (χ1) is 4.61. The van der Waals surface area contributed by atoms with Gasteiger partial charge in [-0.05, 0) is 0 Å². The van der Waals surface area contributed by atoms with Gasteiger partial charge in [0.2, 0.25) is 0 Å². The summed E-state index contributed by atoms with van der Waals surface area (Å²) in [6, 6.07) is 10.9. The van der Waals surface area contributed by atoms with Crippen LogP contribution in [0.3, 0.4) is 0 Å². The molecule has 0 amide bonds. The van der Waals surface area contributed by atoms with E-state index in [1.54, 1.807) is 3.12 Å². The second kappa shape index (κ2) is 3.03. The van der Waals surface area contributed by atoms with Crippen LogP contribution >= 0.6 is 0 Å². The average Bonchev–Trinajstić information content (AvgIpc) is 1.88. The van der Waals surface area contributed by atoms with Crippen molar-refractivity contribution in [3.05, 3.63) is 30.3 Å². The van der Waals surface area contributed by atoms with E-state index in [9.17, 15) is 0 Å². The van der Waals surface area contributed by atoms with Gasteiger partial charge in [-0.2, -0.15) is 0 Å². The van der Waals surface area contributed by atoms with Crippen LogP contribution in [0, 0.1) is 0 Å². The van der Waals surface area contributed by atoms with Gasteiger partial charge in [-0.3, -0.25) is 0 Å². The molecule has 0 aliphatic rings. The molecule has 0 radical (unpaired) electrons. The van der Waals surface area contributed by atoms with E-state index in [0.29, 0.717) is 0 Å². The maximum atomic E-state index is 2.45. The van der Waals surface area contributed by atoms with E-state index >= 15 is 0 Å². The Bertz CT molecular complexity index is 196. The van der Waals surface area contributed by atoms with Crippen LogP contribution < -0.4 is 3.12 Å². The van der Waals surface area contributed by atoms with Gasteiger partial charge in [0.15, 0.2) is 0 Å². The van der Waals surface area contributed by atoms with Gasteiger partial charge < -0.3 is 0 Å². The minimum atomic E-state index is -1.83. The summed E-state index contributed by atoms with van der Waals surface area (Å²) in [4.78, 5) is 0. The van der Waals surface area contributed by atoms with Crippen LogP contribution in [-0.4, -0.2) is 21.2 Å². The molecule has 1 rings (SSSR count). The van der Waals surface area contributed by atoms with Gasteiger partial charge in [-0.15, -0.1) is 0 Å². The van der Waals surface area contributed by atoms with Crippen LogP contribution in [0.15, 0.2) is 30.3 Å². The molecular weight excluding hydrogens is 315 g/mol. The molecule has 0 unspecified atom stereocenters. The minimum absolute atomic E-state index is 1.62. The molecule has 1 aromatic carbocycles. The van der Waals surface area contributed by atoms with Crippen LogP contribution in [0.25, 0.3) is 0 Å². The maximum absolute atomic E-state index is 2.45. The Labute approximate surface area is 67.9 Å². The van der Waals surface area contributed by atoms with E-state index in [1.807, 2.05) is 0 Å². The second-order valence-electron chi connectivity index (χ2n) is 3.62. The fourth-order valence-corrected chi connectivity index (χ4v) is 5.57. The third kappa shape index (κ3) is 2.08. The van der Waals surface area contributed by atoms with Gasteiger partial charge in [0.05, 0.1) is 0 Å². The molecule has 0 atom stereocenters. The van der Waals surface area contributed by atoms with E-state index in [4.69, 9.17) is 0 Å². The molecule has 10 heavy (non-hydrogen) atoms. The summed E-state index contributed by atoms with van der Waals surface area (Å²) in [5.41, 5.74) is 0. The van der Waals surface area contributed by atoms with E-state index in [1.165, 1.54) is 0 Å². The summed E-state index contributed by atoms with van der Waals surface area (Å²) < 4.78 is 8.96. The molecule has 0 nitrogen and oxygen atoms in total. The first-order valence-electron chi connectivity index (χ1n) is 3.66. The third-order valence-electron chi connectivity index (χ3n) is 1.64. The summed E-state index contributed by atoms with van der Waals surface area (Å²) in [5, 5.41) is 0. The molecule has 0 N–H and O–H groups in total. The van der Waals surface area contributed by atoms with Crippen LogP contribution in [0.4, 0.5) is 0 Å². The van der Waals surface area contributed by atoms with Crippen molar-refractivity contribution < 1.29 is 0 Å². The van der Waals surface area contributed by atoms with E-state index in [-0.39, 0.29) is 0 Å². The number of hydrogen-bond donors (Lipinski definition) is 0. The van der Waals surface area contributed by atoms with Gasteiger partial charge in [-0.1, -0.05) is 0 Å². The Morgan fingerprint density at radius 2 is 1.40 bits per heavy atom. The third-order valence-corrected chi connectivity index (χ3v) is 9.67. The predicted molar refractivity (Wildman–Crippen MR) is 49.4 cm³/mol. The van der Waals surface area contributed by atoms with Gasteiger partial charge in [0.25, 0.3) is 0 Å². The van der Waals surface area contributed by atoms with Gasteiger partial charge in [0.1, 0.15) is 0 Å². The molecule has 54 valence electrons. The summed E-state index contributed by atoms with van der Waals surface area (Å²) in [6.07, 6.45) is 0. The molecule has 0 bridgehead atoms. The molecule has 1 aromatic rings. The topological polar surface area (TPSA) is 0 Å². The van der Waals surface area contributed by atoms with Crippen LogP contribution in [0.5, 0.6) is 0 Å². The summed E-state index contributed by atoms with van der Waals surface area (Å²) in [7, 11) is 0. The second-order valence-corrected chi connectivity index (χ2v) is 23.4. The molecule has 0 aliphatic carbocycles. The molecule has 0 saturated carbocycles. The Morgan fingerprint density at radius 3 is 1.70 bits per heavy atom. The van der Waals surface area contributed by atoms with Crippen molar-refractivity contribution in [1.82, 2.24) is 0 Å². The molecular formula is C9H14Pb. The average molecular weight is 329 g/mol. The van der Waals surface area contributed by atoms with Crippen molar-refractivity contribution in [2.75, 3.05) is 0 Å². The zero-order chi connectivity index (χ0) is 7.61. The molecule has 0 heterocycles. The zero-order valence-corrected chi connectivity index (χ0v) is 10.8. The zero-order valence-electron chi connectivity index (χ0n) is 6.89. The summed E-state index contributed by atoms with van der Waals surface area (Å²) in [6.45, 7) is 0. The first-order valence-corrected chi connectivity index (χ1v) is 17.3. The predicted octanol–water partition coefficient (Wildman–Crippen LogP) is 2.23. The van der Waals surface area contributed by atoms with Crippen molar-refractivity contribution in [2.45, 2.75) is 13.4 Å². The summed E-state index contributed by atoms with van der Waals surface area (Å²) >= 11 is -1.83. The first kappa shape index (κ1) is 8.24. The monoisotopic (exact) mass is 330 g/mol. The molecule has 1 heteroatoms. The normalized spacial score (nSPS) is 11.5. The van der Waals surface area contributed by atoms with Crippen molar-refractivity contribution in [3.63, 3.8) is 0 Å². The molecule has 0 spiro atoms. The van der Waals surface area contributed by atoms with Crippen LogP contribution in [-0.2, 0) is 0 Å². The molecule has 0 saturated heterocycles. The SMILES string of the molecule is [CH3][Pb]([CH3])([CH3])[c]1ccccc1. The van der Waals surface area contributed by atoms with Gasteiger partial charge in [0, 0.05) is 0 Å². The van der Waals surface area contributed by atoms with Crippen molar-refractivity contribution in [1.29, 1.82) is 0 Å². The number of rotatable bonds is 1. The molecule has 0 aromatic heterocycles. The van der Waals surface area contributed by atoms with E-state index in [2.05, 4.69) is 43.8 Å².